The van der Waals surface area contributed by atoms with Gasteiger partial charge < -0.3 is 14.3 Å². The summed E-state index contributed by atoms with van der Waals surface area (Å²) in [5, 5.41) is 4.21. The Morgan fingerprint density at radius 1 is 1.07 bits per heavy atom. The average Bonchev–Trinajstić information content (AvgIpc) is 3.32. The third-order valence-electron chi connectivity index (χ3n) is 5.96. The fraction of sp³-hybridized carbons (Fsp3) is 0.269. The molecular formula is C26H28N2O2. The SMILES string of the molecule is Cc1ccccc1Cn1c(C)c(C)c2cc(C(=O)NC(C)Cc3ccco3)ccc21. The molecule has 1 N–H and O–H groups in total. The molecule has 0 radical (unpaired) electrons. The summed E-state index contributed by atoms with van der Waals surface area (Å²) >= 11 is 0. The number of nitrogens with one attached hydrogen (secondary N) is 1. The van der Waals surface area contributed by atoms with Crippen LogP contribution in [0.4, 0.5) is 0 Å². The van der Waals surface area contributed by atoms with Crippen molar-refractivity contribution in [2.75, 3.05) is 0 Å². The Bertz CT molecular complexity index is 1190. The summed E-state index contributed by atoms with van der Waals surface area (Å²) in [4.78, 5) is 12.8. The smallest absolute Gasteiger partial charge is 0.251 e. The zero-order valence-corrected chi connectivity index (χ0v) is 18.0. The van der Waals surface area contributed by atoms with E-state index < -0.39 is 0 Å². The largest absolute Gasteiger partial charge is 0.469 e. The maximum absolute atomic E-state index is 12.8. The Balaban J connectivity index is 1.59. The van der Waals surface area contributed by atoms with Gasteiger partial charge in [-0.05, 0) is 74.7 Å². The molecule has 2 aromatic heterocycles. The standard InChI is InChI=1S/C26H28N2O2/c1-17-8-5-6-9-22(17)16-28-20(4)19(3)24-15-21(11-12-25(24)28)26(29)27-18(2)14-23-10-7-13-30-23/h5-13,15,18H,14,16H2,1-4H3,(H,27,29). The fourth-order valence-electron chi connectivity index (χ4n) is 4.04. The lowest BCUT2D eigenvalue weighted by Crippen LogP contribution is -2.33. The van der Waals surface area contributed by atoms with Crippen molar-refractivity contribution < 1.29 is 9.21 Å². The zero-order valence-electron chi connectivity index (χ0n) is 18.0. The van der Waals surface area contributed by atoms with Crippen LogP contribution in [0.1, 0.15) is 45.4 Å². The number of aryl methyl sites for hydroxylation is 2. The summed E-state index contributed by atoms with van der Waals surface area (Å²) in [5.74, 6) is 0.817. The van der Waals surface area contributed by atoms with Gasteiger partial charge in [0.05, 0.1) is 6.26 Å². The summed E-state index contributed by atoms with van der Waals surface area (Å²) in [6.07, 6.45) is 2.33. The van der Waals surface area contributed by atoms with E-state index in [1.54, 1.807) is 6.26 Å². The molecule has 1 unspecified atom stereocenters. The lowest BCUT2D eigenvalue weighted by molar-refractivity contribution is 0.0939. The van der Waals surface area contributed by atoms with E-state index in [-0.39, 0.29) is 11.9 Å². The molecule has 0 bridgehead atoms. The van der Waals surface area contributed by atoms with E-state index in [0.29, 0.717) is 12.0 Å². The second-order valence-electron chi connectivity index (χ2n) is 8.11. The van der Waals surface area contributed by atoms with E-state index in [2.05, 4.69) is 61.0 Å². The zero-order chi connectivity index (χ0) is 21.3. The number of amides is 1. The summed E-state index contributed by atoms with van der Waals surface area (Å²) in [5.41, 5.74) is 6.90. The number of furan rings is 1. The van der Waals surface area contributed by atoms with E-state index in [1.165, 1.54) is 22.4 Å². The van der Waals surface area contributed by atoms with Gasteiger partial charge in [-0.3, -0.25) is 4.79 Å². The van der Waals surface area contributed by atoms with Gasteiger partial charge in [-0.25, -0.2) is 0 Å². The van der Waals surface area contributed by atoms with Crippen LogP contribution < -0.4 is 5.32 Å². The van der Waals surface area contributed by atoms with Gasteiger partial charge in [-0.15, -0.1) is 0 Å². The molecule has 154 valence electrons. The van der Waals surface area contributed by atoms with Crippen LogP contribution in [0.5, 0.6) is 0 Å². The number of hydrogen-bond donors (Lipinski definition) is 1. The van der Waals surface area contributed by atoms with Crippen molar-refractivity contribution in [3.05, 3.63) is 94.6 Å². The minimum atomic E-state index is -0.0559. The van der Waals surface area contributed by atoms with Gasteiger partial charge in [0.1, 0.15) is 5.76 Å². The van der Waals surface area contributed by atoms with Crippen molar-refractivity contribution in [1.29, 1.82) is 0 Å². The maximum atomic E-state index is 12.8. The molecule has 4 rings (SSSR count). The Kier molecular flexibility index (Phi) is 5.49. The molecule has 0 spiro atoms. The van der Waals surface area contributed by atoms with Crippen molar-refractivity contribution >= 4 is 16.8 Å². The first-order valence-electron chi connectivity index (χ1n) is 10.4. The predicted molar refractivity (Wildman–Crippen MR) is 121 cm³/mol. The number of nitrogens with zero attached hydrogens (tertiary/aromatic N) is 1. The van der Waals surface area contributed by atoms with Crippen molar-refractivity contribution in [1.82, 2.24) is 9.88 Å². The fourth-order valence-corrected chi connectivity index (χ4v) is 4.04. The third-order valence-corrected chi connectivity index (χ3v) is 5.96. The first-order chi connectivity index (χ1) is 14.4. The van der Waals surface area contributed by atoms with Gasteiger partial charge in [0.2, 0.25) is 0 Å². The average molecular weight is 401 g/mol. The number of benzene rings is 2. The van der Waals surface area contributed by atoms with E-state index >= 15 is 0 Å². The van der Waals surface area contributed by atoms with Crippen LogP contribution in [0.2, 0.25) is 0 Å². The molecule has 1 atom stereocenters. The Morgan fingerprint density at radius 3 is 2.60 bits per heavy atom. The molecule has 4 heteroatoms. The minimum Gasteiger partial charge on any atom is -0.469 e. The highest BCUT2D eigenvalue weighted by atomic mass is 16.3. The second-order valence-corrected chi connectivity index (χ2v) is 8.11. The molecule has 0 aliphatic rings. The van der Waals surface area contributed by atoms with Crippen LogP contribution in [0.15, 0.2) is 65.3 Å². The van der Waals surface area contributed by atoms with Gasteiger partial charge in [0, 0.05) is 41.2 Å². The number of carbonyl (C=O) groups excluding carboxylic acids is 1. The highest BCUT2D eigenvalue weighted by Crippen LogP contribution is 2.28. The van der Waals surface area contributed by atoms with Crippen molar-refractivity contribution in [3.63, 3.8) is 0 Å². The van der Waals surface area contributed by atoms with Gasteiger partial charge in [0.15, 0.2) is 0 Å². The summed E-state index contributed by atoms with van der Waals surface area (Å²) in [7, 11) is 0. The van der Waals surface area contributed by atoms with E-state index in [4.69, 9.17) is 4.42 Å². The highest BCUT2D eigenvalue weighted by molar-refractivity contribution is 5.99. The normalized spacial score (nSPS) is 12.3. The lowest BCUT2D eigenvalue weighted by atomic mass is 10.1. The number of carbonyl (C=O) groups is 1. The van der Waals surface area contributed by atoms with E-state index in [1.807, 2.05) is 31.2 Å². The topological polar surface area (TPSA) is 47.2 Å². The molecular weight excluding hydrogens is 372 g/mol. The van der Waals surface area contributed by atoms with Gasteiger partial charge >= 0.3 is 0 Å². The molecule has 0 saturated carbocycles. The van der Waals surface area contributed by atoms with Gasteiger partial charge in [-0.2, -0.15) is 0 Å². The monoisotopic (exact) mass is 400 g/mol. The van der Waals surface area contributed by atoms with Crippen molar-refractivity contribution in [2.45, 2.75) is 46.7 Å². The first-order valence-corrected chi connectivity index (χ1v) is 10.4. The second kappa shape index (κ2) is 8.23. The number of hydrogen-bond acceptors (Lipinski definition) is 2. The summed E-state index contributed by atoms with van der Waals surface area (Å²) < 4.78 is 7.73. The summed E-state index contributed by atoms with van der Waals surface area (Å²) in [6, 6.07) is 18.3. The quantitative estimate of drug-likeness (QED) is 0.460. The molecule has 2 heterocycles. The Hall–Kier alpha value is -3.27. The molecule has 0 aliphatic heterocycles. The lowest BCUT2D eigenvalue weighted by Gasteiger charge is -2.13. The molecule has 1 amide bonds. The third kappa shape index (κ3) is 3.90. The molecule has 2 aromatic carbocycles. The van der Waals surface area contributed by atoms with Gasteiger partial charge in [-0.1, -0.05) is 24.3 Å². The van der Waals surface area contributed by atoms with E-state index in [9.17, 15) is 4.79 Å². The van der Waals surface area contributed by atoms with Crippen LogP contribution in [-0.4, -0.2) is 16.5 Å². The minimum absolute atomic E-state index is 0.00664. The predicted octanol–water partition coefficient (Wildman–Crippen LogP) is 5.57. The van der Waals surface area contributed by atoms with Crippen LogP contribution in [0, 0.1) is 20.8 Å². The van der Waals surface area contributed by atoms with Crippen LogP contribution in [0.3, 0.4) is 0 Å². The highest BCUT2D eigenvalue weighted by Gasteiger charge is 2.16. The first kappa shape index (κ1) is 20.0. The van der Waals surface area contributed by atoms with Crippen molar-refractivity contribution in [3.8, 4) is 0 Å². The van der Waals surface area contributed by atoms with E-state index in [0.717, 1.165) is 23.2 Å². The number of aromatic nitrogens is 1. The molecule has 0 saturated heterocycles. The molecule has 4 nitrogen and oxygen atoms in total. The molecule has 4 aromatic rings. The number of rotatable bonds is 6. The molecule has 0 aliphatic carbocycles. The van der Waals surface area contributed by atoms with Crippen molar-refractivity contribution in [2.24, 2.45) is 0 Å². The summed E-state index contributed by atoms with van der Waals surface area (Å²) in [6.45, 7) is 9.25. The Morgan fingerprint density at radius 2 is 1.87 bits per heavy atom. The van der Waals surface area contributed by atoms with Crippen LogP contribution in [0.25, 0.3) is 10.9 Å². The van der Waals surface area contributed by atoms with Gasteiger partial charge in [0.25, 0.3) is 5.91 Å². The maximum Gasteiger partial charge on any atom is 0.251 e. The molecule has 30 heavy (non-hydrogen) atoms. The van der Waals surface area contributed by atoms with Crippen LogP contribution in [-0.2, 0) is 13.0 Å². The number of fused-ring (bicyclic) bond motifs is 1. The molecule has 0 fully saturated rings. The van der Waals surface area contributed by atoms with Crippen LogP contribution >= 0.6 is 0 Å². The Labute approximate surface area is 177 Å².